The van der Waals surface area contributed by atoms with E-state index in [1.54, 1.807) is 0 Å². The van der Waals surface area contributed by atoms with Crippen molar-refractivity contribution < 1.29 is 4.79 Å². The van der Waals surface area contributed by atoms with E-state index in [4.69, 9.17) is 5.73 Å². The molecule has 0 aliphatic heterocycles. The summed E-state index contributed by atoms with van der Waals surface area (Å²) in [6.45, 7) is 2.18. The Morgan fingerprint density at radius 2 is 2.05 bits per heavy atom. The number of amides is 1. The van der Waals surface area contributed by atoms with Crippen LogP contribution < -0.4 is 11.1 Å². The Kier molecular flexibility index (Phi) is 4.61. The van der Waals surface area contributed by atoms with Gasteiger partial charge in [-0.3, -0.25) is 9.79 Å². The topological polar surface area (TPSA) is 70.7 Å². The molecule has 5 nitrogen and oxygen atoms in total. The Morgan fingerprint density at radius 1 is 1.40 bits per heavy atom. The van der Waals surface area contributed by atoms with Gasteiger partial charge < -0.3 is 16.0 Å². The van der Waals surface area contributed by atoms with Gasteiger partial charge in [0.1, 0.15) is 0 Å². The molecule has 1 saturated carbocycles. The summed E-state index contributed by atoms with van der Waals surface area (Å²) in [4.78, 5) is 17.4. The third kappa shape index (κ3) is 4.26. The molecule has 2 rings (SSSR count). The van der Waals surface area contributed by atoms with Gasteiger partial charge in [-0.25, -0.2) is 0 Å². The Morgan fingerprint density at radius 3 is 2.60 bits per heavy atom. The maximum Gasteiger partial charge on any atom is 0.221 e. The lowest BCUT2D eigenvalue weighted by atomic mass is 10.1. The monoisotopic (exact) mass is 274 g/mol. The van der Waals surface area contributed by atoms with E-state index in [9.17, 15) is 4.79 Å². The van der Waals surface area contributed by atoms with E-state index in [2.05, 4.69) is 15.2 Å². The Hall–Kier alpha value is -2.04. The van der Waals surface area contributed by atoms with Crippen LogP contribution in [0.3, 0.4) is 0 Å². The normalized spacial score (nSPS) is 15.0. The first-order chi connectivity index (χ1) is 9.56. The van der Waals surface area contributed by atoms with Crippen molar-refractivity contribution in [3.8, 4) is 0 Å². The van der Waals surface area contributed by atoms with E-state index < -0.39 is 0 Å². The molecule has 1 aromatic carbocycles. The highest BCUT2D eigenvalue weighted by Crippen LogP contribution is 2.24. The minimum Gasteiger partial charge on any atom is -0.370 e. The number of anilines is 1. The first kappa shape index (κ1) is 14.4. The zero-order valence-electron chi connectivity index (χ0n) is 12.1. The maximum atomic E-state index is 10.9. The first-order valence-electron chi connectivity index (χ1n) is 6.95. The molecule has 1 fully saturated rings. The fourth-order valence-corrected chi connectivity index (χ4v) is 2.02. The molecule has 1 amide bonds. The molecule has 5 heteroatoms. The van der Waals surface area contributed by atoms with Crippen LogP contribution in [-0.2, 0) is 11.2 Å². The quantitative estimate of drug-likeness (QED) is 0.633. The highest BCUT2D eigenvalue weighted by molar-refractivity contribution is 5.88. The summed E-state index contributed by atoms with van der Waals surface area (Å²) < 4.78 is 0. The predicted octanol–water partition coefficient (Wildman–Crippen LogP) is 1.60. The van der Waals surface area contributed by atoms with Crippen LogP contribution in [0.1, 0.15) is 25.3 Å². The molecular formula is C15H22N4O. The molecule has 0 aromatic heterocycles. The molecule has 1 aromatic rings. The van der Waals surface area contributed by atoms with E-state index in [1.165, 1.54) is 25.3 Å². The average molecular weight is 274 g/mol. The third-order valence-electron chi connectivity index (χ3n) is 3.40. The largest absolute Gasteiger partial charge is 0.370 e. The van der Waals surface area contributed by atoms with Gasteiger partial charge in [0.2, 0.25) is 5.91 Å². The van der Waals surface area contributed by atoms with Gasteiger partial charge in [-0.2, -0.15) is 0 Å². The Balaban J connectivity index is 1.81. The predicted molar refractivity (Wildman–Crippen MR) is 81.7 cm³/mol. The van der Waals surface area contributed by atoms with Crippen molar-refractivity contribution in [3.63, 3.8) is 0 Å². The average Bonchev–Trinajstić information content (AvgIpc) is 3.23. The van der Waals surface area contributed by atoms with E-state index in [0.717, 1.165) is 12.1 Å². The number of hydrogen-bond acceptors (Lipinski definition) is 2. The molecule has 20 heavy (non-hydrogen) atoms. The molecule has 0 saturated heterocycles. The van der Waals surface area contributed by atoms with Crippen molar-refractivity contribution in [2.75, 3.05) is 18.9 Å². The zero-order chi connectivity index (χ0) is 14.5. The number of carbonyl (C=O) groups excluding carboxylic acids is 1. The van der Waals surface area contributed by atoms with Gasteiger partial charge in [-0.05, 0) is 37.0 Å². The van der Waals surface area contributed by atoms with Crippen LogP contribution in [0.25, 0.3) is 0 Å². The summed E-state index contributed by atoms with van der Waals surface area (Å²) in [7, 11) is 2.00. The van der Waals surface area contributed by atoms with Crippen LogP contribution in [0.4, 0.5) is 5.69 Å². The Labute approximate surface area is 119 Å². The van der Waals surface area contributed by atoms with Crippen LogP contribution in [0.5, 0.6) is 0 Å². The number of rotatable bonds is 5. The van der Waals surface area contributed by atoms with Gasteiger partial charge in [-0.15, -0.1) is 0 Å². The number of carbonyl (C=O) groups is 1. The molecular weight excluding hydrogens is 252 g/mol. The van der Waals surface area contributed by atoms with E-state index in [1.807, 2.05) is 31.3 Å². The Bertz CT molecular complexity index is 491. The van der Waals surface area contributed by atoms with E-state index in [-0.39, 0.29) is 5.91 Å². The molecule has 1 aliphatic carbocycles. The van der Waals surface area contributed by atoms with Gasteiger partial charge in [0.15, 0.2) is 5.96 Å². The van der Waals surface area contributed by atoms with Crippen molar-refractivity contribution >= 4 is 17.6 Å². The van der Waals surface area contributed by atoms with Crippen LogP contribution in [-0.4, -0.2) is 36.4 Å². The number of aliphatic imine (C=N–C) groups is 1. The summed E-state index contributed by atoms with van der Waals surface area (Å²) in [6, 6.07) is 8.40. The van der Waals surface area contributed by atoms with Crippen LogP contribution in [0.2, 0.25) is 0 Å². The number of guanidine groups is 1. The van der Waals surface area contributed by atoms with Crippen molar-refractivity contribution in [1.82, 2.24) is 4.90 Å². The highest BCUT2D eigenvalue weighted by atomic mass is 16.1. The lowest BCUT2D eigenvalue weighted by Gasteiger charge is -2.16. The highest BCUT2D eigenvalue weighted by Gasteiger charge is 2.27. The van der Waals surface area contributed by atoms with Crippen molar-refractivity contribution in [2.24, 2.45) is 10.7 Å². The molecule has 0 bridgehead atoms. The van der Waals surface area contributed by atoms with Gasteiger partial charge in [0.05, 0.1) is 0 Å². The van der Waals surface area contributed by atoms with Gasteiger partial charge >= 0.3 is 0 Å². The second kappa shape index (κ2) is 6.41. The van der Waals surface area contributed by atoms with Gasteiger partial charge in [0.25, 0.3) is 0 Å². The van der Waals surface area contributed by atoms with Crippen LogP contribution in [0.15, 0.2) is 29.3 Å². The minimum atomic E-state index is -0.0572. The molecule has 0 atom stereocenters. The third-order valence-corrected chi connectivity index (χ3v) is 3.40. The van der Waals surface area contributed by atoms with Crippen molar-refractivity contribution in [2.45, 2.75) is 32.2 Å². The summed E-state index contributed by atoms with van der Waals surface area (Å²) >= 11 is 0. The van der Waals surface area contributed by atoms with E-state index in [0.29, 0.717) is 18.5 Å². The fourth-order valence-electron chi connectivity index (χ4n) is 2.02. The summed E-state index contributed by atoms with van der Waals surface area (Å²) in [6.07, 6.45) is 3.29. The molecule has 0 heterocycles. The molecule has 0 spiro atoms. The van der Waals surface area contributed by atoms with Gasteiger partial charge in [0, 0.05) is 32.2 Å². The molecule has 1 aliphatic rings. The SMILES string of the molecule is CC(=O)Nc1ccc(CCN=C(N)N(C)C2CC2)cc1. The summed E-state index contributed by atoms with van der Waals surface area (Å²) in [5, 5.41) is 2.75. The van der Waals surface area contributed by atoms with Crippen LogP contribution in [0, 0.1) is 0 Å². The zero-order valence-corrected chi connectivity index (χ0v) is 12.1. The number of nitrogens with one attached hydrogen (secondary N) is 1. The summed E-state index contributed by atoms with van der Waals surface area (Å²) in [5.74, 6) is 0.570. The van der Waals surface area contributed by atoms with Crippen molar-refractivity contribution in [1.29, 1.82) is 0 Å². The minimum absolute atomic E-state index is 0.0572. The summed E-state index contributed by atoms with van der Waals surface area (Å²) in [5.41, 5.74) is 7.93. The second-order valence-electron chi connectivity index (χ2n) is 5.21. The van der Waals surface area contributed by atoms with Crippen LogP contribution >= 0.6 is 0 Å². The molecule has 3 N–H and O–H groups in total. The lowest BCUT2D eigenvalue weighted by molar-refractivity contribution is -0.114. The first-order valence-corrected chi connectivity index (χ1v) is 6.95. The van der Waals surface area contributed by atoms with Crippen molar-refractivity contribution in [3.05, 3.63) is 29.8 Å². The molecule has 0 unspecified atom stereocenters. The second-order valence-corrected chi connectivity index (χ2v) is 5.21. The molecule has 0 radical (unpaired) electrons. The molecule has 108 valence electrons. The smallest absolute Gasteiger partial charge is 0.221 e. The number of benzene rings is 1. The van der Waals surface area contributed by atoms with Gasteiger partial charge in [-0.1, -0.05) is 12.1 Å². The maximum absolute atomic E-state index is 10.9. The van der Waals surface area contributed by atoms with E-state index >= 15 is 0 Å². The number of nitrogens with zero attached hydrogens (tertiary/aromatic N) is 2. The lowest BCUT2D eigenvalue weighted by Crippen LogP contribution is -2.35. The number of hydrogen-bond donors (Lipinski definition) is 2. The number of nitrogens with two attached hydrogens (primary N) is 1. The standard InChI is InChI=1S/C15H22N4O/c1-11(20)18-13-5-3-12(4-6-13)9-10-17-15(16)19(2)14-7-8-14/h3-6,14H,7-10H2,1-2H3,(H2,16,17)(H,18,20). The fraction of sp³-hybridized carbons (Fsp3) is 0.467.